The van der Waals surface area contributed by atoms with E-state index in [2.05, 4.69) is 9.30 Å². The van der Waals surface area contributed by atoms with E-state index in [1.807, 2.05) is 17.9 Å². The Morgan fingerprint density at radius 1 is 1.06 bits per heavy atom. The van der Waals surface area contributed by atoms with Crippen LogP contribution in [0.2, 0.25) is 0 Å². The van der Waals surface area contributed by atoms with Crippen molar-refractivity contribution in [3.05, 3.63) is 59.7 Å². The van der Waals surface area contributed by atoms with E-state index in [0.717, 1.165) is 13.1 Å². The lowest BCUT2D eigenvalue weighted by Crippen LogP contribution is -2.50. The van der Waals surface area contributed by atoms with Crippen LogP contribution in [0.25, 0.3) is 0 Å². The van der Waals surface area contributed by atoms with Crippen LogP contribution in [0.5, 0.6) is 5.75 Å². The van der Waals surface area contributed by atoms with Crippen LogP contribution in [0.15, 0.2) is 57.8 Å². The van der Waals surface area contributed by atoms with E-state index in [4.69, 9.17) is 9.47 Å². The molecule has 0 unspecified atom stereocenters. The third-order valence-electron chi connectivity index (χ3n) is 5.43. The van der Waals surface area contributed by atoms with E-state index in [1.54, 1.807) is 49.6 Å². The molecule has 1 fully saturated rings. The molecule has 2 aromatic rings. The normalized spacial score (nSPS) is 18.8. The van der Waals surface area contributed by atoms with Gasteiger partial charge in [0.05, 0.1) is 12.7 Å². The van der Waals surface area contributed by atoms with Gasteiger partial charge in [0.15, 0.2) is 5.84 Å². The highest BCUT2D eigenvalue weighted by Gasteiger charge is 2.33. The molecule has 0 bridgehead atoms. The number of hydrogen-bond donors (Lipinski definition) is 0. The largest absolute Gasteiger partial charge is 0.497 e. The molecule has 4 rings (SSSR count). The molecular formula is C22H25N3O5S. The van der Waals surface area contributed by atoms with E-state index >= 15 is 0 Å². The average molecular weight is 444 g/mol. The van der Waals surface area contributed by atoms with Crippen LogP contribution >= 0.6 is 0 Å². The fourth-order valence-corrected chi connectivity index (χ4v) is 5.07. The summed E-state index contributed by atoms with van der Waals surface area (Å²) in [7, 11) is -2.04. The number of piperazine rings is 1. The molecule has 0 spiro atoms. The lowest BCUT2D eigenvalue weighted by Gasteiger charge is -2.36. The number of esters is 1. The standard InChI is InChI=1S/C22H25N3O5S/c1-16(30-22(26)17-7-9-18(29-2)10-8-17)15-24-11-13-25(14-12-24)21-19-5-3-4-6-20(19)31(27,28)23-21/h3-10,16H,11-15H2,1-2H3/t16-/m0/s1. The molecule has 0 saturated carbocycles. The first-order chi connectivity index (χ1) is 14.9. The highest BCUT2D eigenvalue weighted by molar-refractivity contribution is 7.90. The number of sulfonamides is 1. The molecule has 2 aliphatic rings. The summed E-state index contributed by atoms with van der Waals surface area (Å²) in [5.74, 6) is 0.843. The number of methoxy groups -OCH3 is 1. The summed E-state index contributed by atoms with van der Waals surface area (Å²) in [4.78, 5) is 16.8. The van der Waals surface area contributed by atoms with Crippen LogP contribution in [-0.2, 0) is 14.8 Å². The molecule has 0 radical (unpaired) electrons. The second-order valence-corrected chi connectivity index (χ2v) is 9.19. The number of rotatable bonds is 5. The highest BCUT2D eigenvalue weighted by atomic mass is 32.2. The van der Waals surface area contributed by atoms with Crippen molar-refractivity contribution in [1.82, 2.24) is 9.80 Å². The Balaban J connectivity index is 1.31. The number of hydrogen-bond acceptors (Lipinski definition) is 7. The van der Waals surface area contributed by atoms with E-state index < -0.39 is 10.0 Å². The molecule has 8 nitrogen and oxygen atoms in total. The fraction of sp³-hybridized carbons (Fsp3) is 0.364. The smallest absolute Gasteiger partial charge is 0.338 e. The van der Waals surface area contributed by atoms with Gasteiger partial charge in [-0.1, -0.05) is 12.1 Å². The molecule has 2 aromatic carbocycles. The number of nitrogens with zero attached hydrogens (tertiary/aromatic N) is 3. The van der Waals surface area contributed by atoms with Gasteiger partial charge in [0.25, 0.3) is 10.0 Å². The van der Waals surface area contributed by atoms with Gasteiger partial charge in [-0.2, -0.15) is 8.42 Å². The molecule has 0 N–H and O–H groups in total. The van der Waals surface area contributed by atoms with Crippen molar-refractivity contribution in [3.8, 4) is 5.75 Å². The van der Waals surface area contributed by atoms with Crippen LogP contribution < -0.4 is 4.74 Å². The van der Waals surface area contributed by atoms with E-state index in [0.29, 0.717) is 42.3 Å². The van der Waals surface area contributed by atoms with Crippen molar-refractivity contribution in [2.24, 2.45) is 4.40 Å². The summed E-state index contributed by atoms with van der Waals surface area (Å²) in [5.41, 5.74) is 1.15. The van der Waals surface area contributed by atoms with Gasteiger partial charge >= 0.3 is 5.97 Å². The third kappa shape index (κ3) is 4.57. The molecule has 2 heterocycles. The monoisotopic (exact) mass is 443 g/mol. The van der Waals surface area contributed by atoms with Gasteiger partial charge < -0.3 is 14.4 Å². The van der Waals surface area contributed by atoms with Crippen molar-refractivity contribution in [3.63, 3.8) is 0 Å². The van der Waals surface area contributed by atoms with Crippen LogP contribution in [0.3, 0.4) is 0 Å². The summed E-state index contributed by atoms with van der Waals surface area (Å²) in [6.45, 7) is 5.25. The first kappa shape index (κ1) is 21.3. The second kappa shape index (κ2) is 8.68. The van der Waals surface area contributed by atoms with Crippen molar-refractivity contribution in [1.29, 1.82) is 0 Å². The van der Waals surface area contributed by atoms with Gasteiger partial charge in [0, 0.05) is 38.3 Å². The first-order valence-electron chi connectivity index (χ1n) is 10.1. The van der Waals surface area contributed by atoms with Crippen LogP contribution in [0.1, 0.15) is 22.8 Å². The maximum atomic E-state index is 12.3. The molecule has 0 aromatic heterocycles. The Bertz CT molecular complexity index is 1090. The SMILES string of the molecule is COc1ccc(C(=O)O[C@@H](C)CN2CCN(C3=NS(=O)(=O)c4ccccc43)CC2)cc1. The summed E-state index contributed by atoms with van der Waals surface area (Å²) < 4.78 is 39.3. The lowest BCUT2D eigenvalue weighted by atomic mass is 10.1. The Morgan fingerprint density at radius 3 is 2.42 bits per heavy atom. The predicted molar refractivity (Wildman–Crippen MR) is 116 cm³/mol. The van der Waals surface area contributed by atoms with Crippen LogP contribution in [-0.4, -0.2) is 76.0 Å². The summed E-state index contributed by atoms with van der Waals surface area (Å²) in [6.07, 6.45) is -0.272. The number of benzene rings is 2. The van der Waals surface area contributed by atoms with Crippen molar-refractivity contribution in [2.45, 2.75) is 17.9 Å². The number of carbonyl (C=O) groups is 1. The maximum absolute atomic E-state index is 12.3. The number of fused-ring (bicyclic) bond motifs is 1. The number of ether oxygens (including phenoxy) is 2. The average Bonchev–Trinajstić information content (AvgIpc) is 3.05. The van der Waals surface area contributed by atoms with Crippen molar-refractivity contribution >= 4 is 21.8 Å². The van der Waals surface area contributed by atoms with Gasteiger partial charge in [0.1, 0.15) is 16.7 Å². The van der Waals surface area contributed by atoms with Crippen molar-refractivity contribution in [2.75, 3.05) is 39.8 Å². The predicted octanol–water partition coefficient (Wildman–Crippen LogP) is 2.01. The molecule has 0 aliphatic carbocycles. The van der Waals surface area contributed by atoms with Gasteiger partial charge in [-0.05, 0) is 43.3 Å². The van der Waals surface area contributed by atoms with Crippen molar-refractivity contribution < 1.29 is 22.7 Å². The molecule has 164 valence electrons. The van der Waals surface area contributed by atoms with E-state index in [1.165, 1.54) is 0 Å². The topological polar surface area (TPSA) is 88.5 Å². The molecule has 1 atom stereocenters. The Labute approximate surface area is 182 Å². The highest BCUT2D eigenvalue weighted by Crippen LogP contribution is 2.27. The van der Waals surface area contributed by atoms with Gasteiger partial charge in [0.2, 0.25) is 0 Å². The molecular weight excluding hydrogens is 418 g/mol. The van der Waals surface area contributed by atoms with Gasteiger partial charge in [-0.15, -0.1) is 4.40 Å². The molecule has 1 saturated heterocycles. The zero-order valence-corrected chi connectivity index (χ0v) is 18.3. The Morgan fingerprint density at radius 2 is 1.74 bits per heavy atom. The molecule has 9 heteroatoms. The Kier molecular flexibility index (Phi) is 5.97. The zero-order valence-electron chi connectivity index (χ0n) is 17.5. The lowest BCUT2D eigenvalue weighted by molar-refractivity contribution is 0.0221. The third-order valence-corrected chi connectivity index (χ3v) is 6.76. The minimum Gasteiger partial charge on any atom is -0.497 e. The molecule has 0 amide bonds. The maximum Gasteiger partial charge on any atom is 0.338 e. The van der Waals surface area contributed by atoms with Crippen LogP contribution in [0, 0.1) is 0 Å². The quantitative estimate of drug-likeness (QED) is 0.653. The minimum atomic E-state index is -3.61. The van der Waals surface area contributed by atoms with E-state index in [9.17, 15) is 13.2 Å². The first-order valence-corrected chi connectivity index (χ1v) is 11.6. The van der Waals surface area contributed by atoms with Gasteiger partial charge in [-0.3, -0.25) is 4.90 Å². The molecule has 2 aliphatic heterocycles. The van der Waals surface area contributed by atoms with Gasteiger partial charge in [-0.25, -0.2) is 4.79 Å². The fourth-order valence-electron chi connectivity index (χ4n) is 3.84. The minimum absolute atomic E-state index is 0.270. The van der Waals surface area contributed by atoms with Crippen LogP contribution in [0.4, 0.5) is 0 Å². The summed E-state index contributed by atoms with van der Waals surface area (Å²) in [6, 6.07) is 13.7. The zero-order chi connectivity index (χ0) is 22.0. The second-order valence-electron chi connectivity index (χ2n) is 7.62. The summed E-state index contributed by atoms with van der Waals surface area (Å²) in [5, 5.41) is 0. The van der Waals surface area contributed by atoms with E-state index in [-0.39, 0.29) is 17.0 Å². The number of carbonyl (C=O) groups excluding carboxylic acids is 1. The summed E-state index contributed by atoms with van der Waals surface area (Å²) >= 11 is 0. The Hall–Kier alpha value is -2.91. The molecule has 31 heavy (non-hydrogen) atoms. The number of amidine groups is 1.